The van der Waals surface area contributed by atoms with Gasteiger partial charge in [-0.05, 0) is 32.3 Å². The number of anilines is 1. The van der Waals surface area contributed by atoms with E-state index in [2.05, 4.69) is 37.5 Å². The number of alkyl halides is 6. The summed E-state index contributed by atoms with van der Waals surface area (Å²) in [6, 6.07) is 2.22. The van der Waals surface area contributed by atoms with Gasteiger partial charge in [-0.25, -0.2) is 24.5 Å². The molecule has 0 aliphatic carbocycles. The second kappa shape index (κ2) is 13.1. The van der Waals surface area contributed by atoms with Gasteiger partial charge in [0.25, 0.3) is 0 Å². The molecule has 0 amide bonds. The number of thiazole rings is 1. The summed E-state index contributed by atoms with van der Waals surface area (Å²) < 4.78 is 69.7. The van der Waals surface area contributed by atoms with Crippen LogP contribution in [0.5, 0.6) is 0 Å². The maximum absolute atomic E-state index is 10.6. The fourth-order valence-corrected chi connectivity index (χ4v) is 4.53. The van der Waals surface area contributed by atoms with Crippen molar-refractivity contribution < 1.29 is 50.9 Å². The van der Waals surface area contributed by atoms with Crippen molar-refractivity contribution in [3.05, 3.63) is 34.5 Å². The van der Waals surface area contributed by atoms with Gasteiger partial charge in [0.05, 0.1) is 12.1 Å². The van der Waals surface area contributed by atoms with Crippen LogP contribution in [0.25, 0.3) is 0 Å². The second-order valence-corrected chi connectivity index (χ2v) is 9.33. The maximum Gasteiger partial charge on any atom is 0.490 e. The smallest absolute Gasteiger partial charge is 0.475 e. The van der Waals surface area contributed by atoms with Crippen LogP contribution in [0.3, 0.4) is 0 Å². The summed E-state index contributed by atoms with van der Waals surface area (Å²) in [5, 5.41) is 21.0. The summed E-state index contributed by atoms with van der Waals surface area (Å²) in [4.78, 5) is 33.4. The molecule has 212 valence electrons. The van der Waals surface area contributed by atoms with Crippen molar-refractivity contribution >= 4 is 29.2 Å². The van der Waals surface area contributed by atoms with Crippen molar-refractivity contribution in [3.8, 4) is 0 Å². The van der Waals surface area contributed by atoms with Crippen molar-refractivity contribution in [2.75, 3.05) is 25.0 Å². The van der Waals surface area contributed by atoms with Gasteiger partial charge in [0, 0.05) is 49.2 Å². The van der Waals surface area contributed by atoms with Crippen molar-refractivity contribution in [1.29, 1.82) is 0 Å². The normalized spacial score (nSPS) is 21.6. The minimum absolute atomic E-state index is 0.0308. The first-order chi connectivity index (χ1) is 17.6. The third-order valence-corrected chi connectivity index (χ3v) is 6.25. The molecule has 2 aliphatic heterocycles. The molecule has 10 nitrogen and oxygen atoms in total. The number of halogens is 6. The Morgan fingerprint density at radius 2 is 1.74 bits per heavy atom. The Morgan fingerprint density at radius 1 is 1.16 bits per heavy atom. The molecule has 2 fully saturated rings. The Hall–Kier alpha value is -3.05. The van der Waals surface area contributed by atoms with Gasteiger partial charge >= 0.3 is 24.3 Å². The number of ether oxygens (including phenoxy) is 1. The number of hydrogen-bond donors (Lipinski definition) is 3. The van der Waals surface area contributed by atoms with Crippen LogP contribution < -0.4 is 5.32 Å². The van der Waals surface area contributed by atoms with Gasteiger partial charge in [0.1, 0.15) is 5.01 Å². The largest absolute Gasteiger partial charge is 0.490 e. The number of aromatic nitrogens is 3. The Kier molecular flexibility index (Phi) is 10.8. The maximum atomic E-state index is 10.6. The number of carboxylic acids is 2. The van der Waals surface area contributed by atoms with E-state index < -0.39 is 24.3 Å². The molecule has 2 aliphatic rings. The summed E-state index contributed by atoms with van der Waals surface area (Å²) in [5.41, 5.74) is 1.08. The molecular weight excluding hydrogens is 548 g/mol. The van der Waals surface area contributed by atoms with E-state index in [0.717, 1.165) is 51.2 Å². The fourth-order valence-electron chi connectivity index (χ4n) is 3.72. The number of likely N-dealkylation sites (tertiary alicyclic amines) is 1. The van der Waals surface area contributed by atoms with Gasteiger partial charge in [-0.15, -0.1) is 11.3 Å². The molecule has 2 aromatic rings. The molecule has 2 saturated heterocycles. The molecule has 38 heavy (non-hydrogen) atoms. The van der Waals surface area contributed by atoms with Crippen LogP contribution >= 0.6 is 11.3 Å². The van der Waals surface area contributed by atoms with Crippen LogP contribution in [-0.4, -0.2) is 85.7 Å². The minimum atomic E-state index is -5.08. The SMILES string of the molecule is Cc1csc(CN2CC[C@@]3(C[C@@H](Nc4ncccn4)CCO3)C2)n1.O=C(O)C(F)(F)F.O=C(O)C(F)(F)F. The van der Waals surface area contributed by atoms with Crippen LogP contribution in [-0.2, 0) is 20.9 Å². The first-order valence-electron chi connectivity index (χ1n) is 11.0. The van der Waals surface area contributed by atoms with E-state index >= 15 is 0 Å². The molecule has 0 saturated carbocycles. The van der Waals surface area contributed by atoms with Crippen LogP contribution in [0.2, 0.25) is 0 Å². The number of aliphatic carboxylic acids is 2. The lowest BCUT2D eigenvalue weighted by Gasteiger charge is -2.38. The number of carboxylic acid groups (broad SMARTS) is 2. The Labute approximate surface area is 216 Å². The molecule has 2 aromatic heterocycles. The number of carbonyl (C=O) groups is 2. The molecule has 0 bridgehead atoms. The molecular formula is C21H25F6N5O5S. The van der Waals surface area contributed by atoms with Crippen LogP contribution in [0.1, 0.15) is 30.0 Å². The summed E-state index contributed by atoms with van der Waals surface area (Å²) in [6.07, 6.45) is -3.51. The van der Waals surface area contributed by atoms with Gasteiger partial charge < -0.3 is 20.3 Å². The molecule has 2 atom stereocenters. The second-order valence-electron chi connectivity index (χ2n) is 8.39. The lowest BCUT2D eigenvalue weighted by Crippen LogP contribution is -2.46. The van der Waals surface area contributed by atoms with Crippen molar-refractivity contribution in [3.63, 3.8) is 0 Å². The third kappa shape index (κ3) is 10.4. The summed E-state index contributed by atoms with van der Waals surface area (Å²) in [5.74, 6) is -4.80. The van der Waals surface area contributed by atoms with E-state index in [4.69, 9.17) is 24.5 Å². The van der Waals surface area contributed by atoms with E-state index in [1.807, 2.05) is 6.07 Å². The standard InChI is InChI=1S/C17H23N5OS.2C2HF3O2/c1-13-11-24-15(20-13)10-22-7-4-17(12-22)9-14(3-8-23-17)21-16-18-5-2-6-19-16;2*3-2(4,5)1(6)7/h2,5-6,11,14H,3-4,7-10,12H2,1H3,(H,18,19,21);2*(H,6,7)/t14-,17+;;/m0../s1. The molecule has 0 aromatic carbocycles. The molecule has 4 heterocycles. The van der Waals surface area contributed by atoms with E-state index in [-0.39, 0.29) is 5.60 Å². The quantitative estimate of drug-likeness (QED) is 0.464. The zero-order valence-corrected chi connectivity index (χ0v) is 20.7. The number of nitrogens with zero attached hydrogens (tertiary/aromatic N) is 4. The van der Waals surface area contributed by atoms with Gasteiger partial charge in [0.2, 0.25) is 5.95 Å². The van der Waals surface area contributed by atoms with E-state index in [0.29, 0.717) is 12.0 Å². The first kappa shape index (κ1) is 31.2. The third-order valence-electron chi connectivity index (χ3n) is 5.30. The van der Waals surface area contributed by atoms with Gasteiger partial charge in [-0.2, -0.15) is 26.3 Å². The molecule has 0 radical (unpaired) electrons. The molecule has 0 unspecified atom stereocenters. The monoisotopic (exact) mass is 573 g/mol. The highest BCUT2D eigenvalue weighted by atomic mass is 32.1. The Bertz CT molecular complexity index is 1030. The van der Waals surface area contributed by atoms with E-state index in [1.165, 1.54) is 5.01 Å². The molecule has 1 spiro atoms. The zero-order chi connectivity index (χ0) is 28.6. The first-order valence-corrected chi connectivity index (χ1v) is 11.9. The van der Waals surface area contributed by atoms with Gasteiger partial charge in [0.15, 0.2) is 0 Å². The minimum Gasteiger partial charge on any atom is -0.475 e. The van der Waals surface area contributed by atoms with Crippen LogP contribution in [0.15, 0.2) is 23.8 Å². The number of rotatable bonds is 4. The molecule has 17 heteroatoms. The lowest BCUT2D eigenvalue weighted by molar-refractivity contribution is -0.193. The van der Waals surface area contributed by atoms with Crippen LogP contribution in [0, 0.1) is 6.92 Å². The van der Waals surface area contributed by atoms with Crippen molar-refractivity contribution in [1.82, 2.24) is 19.9 Å². The predicted molar refractivity (Wildman–Crippen MR) is 121 cm³/mol. The fraction of sp³-hybridized carbons (Fsp3) is 0.571. The Balaban J connectivity index is 0.000000301. The highest BCUT2D eigenvalue weighted by Crippen LogP contribution is 2.35. The highest BCUT2D eigenvalue weighted by molar-refractivity contribution is 7.09. The van der Waals surface area contributed by atoms with Gasteiger partial charge in [-0.1, -0.05) is 0 Å². The molecule has 4 rings (SSSR count). The Morgan fingerprint density at radius 3 is 2.24 bits per heavy atom. The summed E-state index contributed by atoms with van der Waals surface area (Å²) in [7, 11) is 0. The van der Waals surface area contributed by atoms with Crippen molar-refractivity contribution in [2.45, 2.75) is 56.7 Å². The van der Waals surface area contributed by atoms with Crippen molar-refractivity contribution in [2.24, 2.45) is 0 Å². The van der Waals surface area contributed by atoms with Crippen LogP contribution in [0.4, 0.5) is 32.3 Å². The molecule has 3 N–H and O–H groups in total. The highest BCUT2D eigenvalue weighted by Gasteiger charge is 2.43. The lowest BCUT2D eigenvalue weighted by atomic mass is 9.89. The summed E-state index contributed by atoms with van der Waals surface area (Å²) in [6.45, 7) is 5.85. The van der Waals surface area contributed by atoms with E-state index in [9.17, 15) is 26.3 Å². The summed E-state index contributed by atoms with van der Waals surface area (Å²) >= 11 is 1.75. The number of nitrogens with one attached hydrogen (secondary N) is 1. The number of aryl methyl sites for hydroxylation is 1. The number of hydrogen-bond acceptors (Lipinski definition) is 9. The average molecular weight is 574 g/mol. The topological polar surface area (TPSA) is 138 Å². The average Bonchev–Trinajstić information content (AvgIpc) is 3.39. The van der Waals surface area contributed by atoms with Gasteiger partial charge in [-0.3, -0.25) is 4.90 Å². The predicted octanol–water partition coefficient (Wildman–Crippen LogP) is 3.74. The van der Waals surface area contributed by atoms with E-state index in [1.54, 1.807) is 23.7 Å². The zero-order valence-electron chi connectivity index (χ0n) is 19.9.